The lowest BCUT2D eigenvalue weighted by Gasteiger charge is -2.17. The van der Waals surface area contributed by atoms with E-state index in [9.17, 15) is 32.4 Å². The Morgan fingerprint density at radius 1 is 1.16 bits per heavy atom. The Morgan fingerprint density at radius 3 is 2.57 bits per heavy atom. The molecule has 1 unspecified atom stereocenters. The van der Waals surface area contributed by atoms with E-state index in [1.54, 1.807) is 24.3 Å². The van der Waals surface area contributed by atoms with Crippen LogP contribution >= 0.6 is 0 Å². The molecule has 0 spiro atoms. The molecule has 2 N–H and O–H groups in total. The van der Waals surface area contributed by atoms with Crippen molar-refractivity contribution in [3.05, 3.63) is 64.3 Å². The zero-order valence-corrected chi connectivity index (χ0v) is 19.6. The van der Waals surface area contributed by atoms with Crippen molar-refractivity contribution in [3.8, 4) is 22.9 Å². The summed E-state index contributed by atoms with van der Waals surface area (Å²) in [5, 5.41) is 10.8. The van der Waals surface area contributed by atoms with Crippen molar-refractivity contribution < 1.29 is 31.8 Å². The molecule has 0 bridgehead atoms. The number of unbranched alkanes of at least 4 members (excludes halogenated alkanes) is 1. The number of nitrogens with zero attached hydrogens (tertiary/aromatic N) is 2. The summed E-state index contributed by atoms with van der Waals surface area (Å²) in [5.74, 6) is -2.42. The first kappa shape index (κ1) is 26.2. The van der Waals surface area contributed by atoms with Crippen LogP contribution in [0.3, 0.4) is 0 Å². The number of halogens is 4. The molecule has 1 aliphatic rings. The fraction of sp³-hybridized carbons (Fsp3) is 0.346. The zero-order chi connectivity index (χ0) is 26.7. The Kier molecular flexibility index (Phi) is 7.50. The van der Waals surface area contributed by atoms with E-state index < -0.39 is 24.2 Å². The van der Waals surface area contributed by atoms with Gasteiger partial charge in [-0.3, -0.25) is 15.1 Å². The molecule has 0 amide bonds. The van der Waals surface area contributed by atoms with Crippen LogP contribution in [-0.2, 0) is 9.53 Å². The lowest BCUT2D eigenvalue weighted by molar-refractivity contribution is -0.204. The number of nitrogens with two attached hydrogens (primary N) is 1. The number of carbonyl (C=O) groups excluding carboxylic acids is 1. The van der Waals surface area contributed by atoms with E-state index in [1.807, 2.05) is 0 Å². The maximum Gasteiger partial charge on any atom is 0.490 e. The van der Waals surface area contributed by atoms with Gasteiger partial charge in [-0.1, -0.05) is 12.1 Å². The van der Waals surface area contributed by atoms with Gasteiger partial charge in [0.25, 0.3) is 5.56 Å². The second-order valence-corrected chi connectivity index (χ2v) is 8.75. The van der Waals surface area contributed by atoms with Crippen LogP contribution in [0.2, 0.25) is 0 Å². The molecule has 1 fully saturated rings. The van der Waals surface area contributed by atoms with Crippen LogP contribution < -0.4 is 16.0 Å². The van der Waals surface area contributed by atoms with E-state index in [1.165, 1.54) is 22.8 Å². The number of benzene rings is 2. The van der Waals surface area contributed by atoms with Crippen LogP contribution in [0.15, 0.2) is 47.3 Å². The van der Waals surface area contributed by atoms with Crippen LogP contribution in [0.25, 0.3) is 21.9 Å². The van der Waals surface area contributed by atoms with Crippen molar-refractivity contribution >= 4 is 16.7 Å². The predicted molar refractivity (Wildman–Crippen MR) is 126 cm³/mol. The van der Waals surface area contributed by atoms with Gasteiger partial charge in [-0.15, -0.1) is 0 Å². The van der Waals surface area contributed by atoms with Gasteiger partial charge in [-0.2, -0.15) is 18.4 Å². The molecular weight excluding hydrogens is 494 g/mol. The third-order valence-corrected chi connectivity index (χ3v) is 5.96. The number of hydrogen-bond donors (Lipinski definition) is 1. The molecule has 4 rings (SSSR count). The molecule has 3 aromatic rings. The Balaban J connectivity index is 1.54. The Bertz CT molecular complexity index is 1420. The fourth-order valence-corrected chi connectivity index (χ4v) is 4.11. The standard InChI is InChI=1S/C26H23F4N3O4/c27-16-5-3-4-15(12-16)23-20-13-18(36-11-2-1-6-22(32)37-25(35)26(28,29)30)9-10-19(20)24(34)33(17-7-8-17)21(23)14-31/h3-5,9-10,12-13,17,22H,1-2,6-8,11,32H2. The molecule has 2 aromatic carbocycles. The molecule has 7 nitrogen and oxygen atoms in total. The molecule has 37 heavy (non-hydrogen) atoms. The Morgan fingerprint density at radius 2 is 1.92 bits per heavy atom. The highest BCUT2D eigenvalue weighted by atomic mass is 19.4. The predicted octanol–water partition coefficient (Wildman–Crippen LogP) is 4.95. The molecule has 1 aromatic heterocycles. The van der Waals surface area contributed by atoms with Crippen LogP contribution in [-0.4, -0.2) is 29.5 Å². The summed E-state index contributed by atoms with van der Waals surface area (Å²) in [6.07, 6.45) is -4.18. The number of esters is 1. The minimum absolute atomic E-state index is 0.0128. The first-order valence-corrected chi connectivity index (χ1v) is 11.6. The van der Waals surface area contributed by atoms with Crippen molar-refractivity contribution in [3.63, 3.8) is 0 Å². The number of pyridine rings is 1. The molecule has 1 atom stereocenters. The van der Waals surface area contributed by atoms with Gasteiger partial charge in [0, 0.05) is 22.4 Å². The highest BCUT2D eigenvalue weighted by Gasteiger charge is 2.41. The van der Waals surface area contributed by atoms with Crippen LogP contribution in [0.4, 0.5) is 17.6 Å². The summed E-state index contributed by atoms with van der Waals surface area (Å²) in [7, 11) is 0. The summed E-state index contributed by atoms with van der Waals surface area (Å²) in [6.45, 7) is 0.172. The first-order valence-electron chi connectivity index (χ1n) is 11.6. The van der Waals surface area contributed by atoms with E-state index in [0.29, 0.717) is 40.5 Å². The lowest BCUT2D eigenvalue weighted by Crippen LogP contribution is -2.34. The number of carbonyl (C=O) groups is 1. The van der Waals surface area contributed by atoms with Crippen LogP contribution in [0.5, 0.6) is 5.75 Å². The zero-order valence-electron chi connectivity index (χ0n) is 19.6. The maximum atomic E-state index is 14.1. The molecule has 11 heteroatoms. The summed E-state index contributed by atoms with van der Waals surface area (Å²) in [6, 6.07) is 12.7. The van der Waals surface area contributed by atoms with Gasteiger partial charge in [-0.25, -0.2) is 9.18 Å². The largest absolute Gasteiger partial charge is 0.494 e. The van der Waals surface area contributed by atoms with E-state index in [-0.39, 0.29) is 30.3 Å². The van der Waals surface area contributed by atoms with Crippen molar-refractivity contribution in [2.75, 3.05) is 6.61 Å². The molecule has 1 heterocycles. The van der Waals surface area contributed by atoms with Gasteiger partial charge in [0.2, 0.25) is 0 Å². The van der Waals surface area contributed by atoms with Gasteiger partial charge in [0.15, 0.2) is 6.23 Å². The number of rotatable bonds is 9. The average molecular weight is 517 g/mol. The summed E-state index contributed by atoms with van der Waals surface area (Å²) < 4.78 is 62.2. The Labute approximate surface area is 209 Å². The van der Waals surface area contributed by atoms with Crippen LogP contribution in [0, 0.1) is 17.1 Å². The van der Waals surface area contributed by atoms with Gasteiger partial charge in [0.1, 0.15) is 23.3 Å². The van der Waals surface area contributed by atoms with E-state index in [2.05, 4.69) is 10.8 Å². The number of fused-ring (bicyclic) bond motifs is 1. The monoisotopic (exact) mass is 517 g/mol. The second kappa shape index (κ2) is 10.6. The van der Waals surface area contributed by atoms with Crippen molar-refractivity contribution in [1.29, 1.82) is 5.26 Å². The molecule has 0 radical (unpaired) electrons. The highest BCUT2D eigenvalue weighted by molar-refractivity contribution is 5.99. The minimum Gasteiger partial charge on any atom is -0.494 e. The topological polar surface area (TPSA) is 107 Å². The van der Waals surface area contributed by atoms with Gasteiger partial charge in [-0.05, 0) is 68.0 Å². The van der Waals surface area contributed by atoms with E-state index in [4.69, 9.17) is 10.5 Å². The Hall–Kier alpha value is -3.91. The molecular formula is C26H23F4N3O4. The highest BCUT2D eigenvalue weighted by Crippen LogP contribution is 2.39. The molecule has 0 saturated heterocycles. The molecule has 1 aliphatic carbocycles. The van der Waals surface area contributed by atoms with Gasteiger partial charge in [0.05, 0.1) is 6.61 Å². The van der Waals surface area contributed by atoms with Crippen molar-refractivity contribution in [2.24, 2.45) is 5.73 Å². The van der Waals surface area contributed by atoms with E-state index in [0.717, 1.165) is 12.8 Å². The summed E-state index contributed by atoms with van der Waals surface area (Å²) >= 11 is 0. The lowest BCUT2D eigenvalue weighted by atomic mass is 9.96. The number of ether oxygens (including phenoxy) is 2. The maximum absolute atomic E-state index is 14.1. The second-order valence-electron chi connectivity index (χ2n) is 8.75. The summed E-state index contributed by atoms with van der Waals surface area (Å²) in [5.41, 5.74) is 6.17. The van der Waals surface area contributed by atoms with Gasteiger partial charge < -0.3 is 9.47 Å². The number of aromatic nitrogens is 1. The fourth-order valence-electron chi connectivity index (χ4n) is 4.11. The quantitative estimate of drug-likeness (QED) is 0.186. The minimum atomic E-state index is -5.10. The third kappa shape index (κ3) is 5.91. The first-order chi connectivity index (χ1) is 17.6. The van der Waals surface area contributed by atoms with Gasteiger partial charge >= 0.3 is 12.1 Å². The molecule has 1 saturated carbocycles. The van der Waals surface area contributed by atoms with Crippen molar-refractivity contribution in [2.45, 2.75) is 50.6 Å². The van der Waals surface area contributed by atoms with Crippen molar-refractivity contribution in [1.82, 2.24) is 4.57 Å². The number of hydrogen-bond acceptors (Lipinski definition) is 6. The SMILES string of the molecule is N#Cc1c(-c2cccc(F)c2)c2cc(OCCCCC(N)OC(=O)C(F)(F)F)ccc2c(=O)n1C1CC1. The number of alkyl halides is 3. The average Bonchev–Trinajstić information content (AvgIpc) is 3.68. The molecule has 194 valence electrons. The molecule has 0 aliphatic heterocycles. The van der Waals surface area contributed by atoms with E-state index >= 15 is 0 Å². The summed E-state index contributed by atoms with van der Waals surface area (Å²) in [4.78, 5) is 24.1. The van der Waals surface area contributed by atoms with Crippen LogP contribution in [0.1, 0.15) is 43.8 Å². The number of nitriles is 1. The normalized spacial score (nSPS) is 14.3. The third-order valence-electron chi connectivity index (χ3n) is 5.96. The smallest absolute Gasteiger partial charge is 0.490 e.